The summed E-state index contributed by atoms with van der Waals surface area (Å²) >= 11 is 0. The number of nitrogens with one attached hydrogen (secondary N) is 1. The second-order valence-corrected chi connectivity index (χ2v) is 4.71. The summed E-state index contributed by atoms with van der Waals surface area (Å²) in [4.78, 5) is 11.0. The van der Waals surface area contributed by atoms with Crippen LogP contribution < -0.4 is 10.2 Å². The maximum atomic E-state index is 4.50. The molecule has 1 aromatic rings. The Morgan fingerprint density at radius 3 is 3.06 bits per heavy atom. The van der Waals surface area contributed by atoms with Gasteiger partial charge in [-0.15, -0.1) is 0 Å². The van der Waals surface area contributed by atoms with Crippen LogP contribution in [0.4, 0.5) is 5.82 Å². The molecule has 0 aliphatic carbocycles. The number of hydrogen-bond donors (Lipinski definition) is 1. The molecule has 1 saturated heterocycles. The van der Waals surface area contributed by atoms with Crippen LogP contribution in [0.2, 0.25) is 0 Å². The van der Waals surface area contributed by atoms with Gasteiger partial charge in [-0.2, -0.15) is 0 Å². The molecule has 94 valence electrons. The summed E-state index contributed by atoms with van der Waals surface area (Å²) in [6.07, 6.45) is 4.47. The molecule has 4 heteroatoms. The summed E-state index contributed by atoms with van der Waals surface area (Å²) in [5.74, 6) is 2.66. The number of aromatic nitrogens is 2. The van der Waals surface area contributed by atoms with Crippen molar-refractivity contribution in [3.63, 3.8) is 0 Å². The quantitative estimate of drug-likeness (QED) is 0.859. The van der Waals surface area contributed by atoms with E-state index in [2.05, 4.69) is 27.1 Å². The zero-order valence-corrected chi connectivity index (χ0v) is 10.8. The Morgan fingerprint density at radius 1 is 1.53 bits per heavy atom. The topological polar surface area (TPSA) is 41.0 Å². The fraction of sp³-hybridized carbons (Fsp3) is 0.692. The average Bonchev–Trinajstić information content (AvgIpc) is 2.37. The van der Waals surface area contributed by atoms with Crippen molar-refractivity contribution in [2.75, 3.05) is 31.1 Å². The van der Waals surface area contributed by atoms with Crippen LogP contribution >= 0.6 is 0 Å². The predicted molar refractivity (Wildman–Crippen MR) is 70.2 cm³/mol. The molecule has 2 rings (SSSR count). The third-order valence-electron chi connectivity index (χ3n) is 3.34. The van der Waals surface area contributed by atoms with Crippen molar-refractivity contribution < 1.29 is 0 Å². The van der Waals surface area contributed by atoms with Crippen LogP contribution in [0.5, 0.6) is 0 Å². The van der Waals surface area contributed by atoms with Gasteiger partial charge in [-0.1, -0.05) is 0 Å². The second kappa shape index (κ2) is 5.96. The number of anilines is 1. The molecule has 17 heavy (non-hydrogen) atoms. The van der Waals surface area contributed by atoms with E-state index >= 15 is 0 Å². The van der Waals surface area contributed by atoms with E-state index in [1.807, 2.05) is 19.2 Å². The van der Waals surface area contributed by atoms with Gasteiger partial charge in [0.2, 0.25) is 0 Å². The van der Waals surface area contributed by atoms with Gasteiger partial charge in [-0.25, -0.2) is 9.97 Å². The zero-order valence-electron chi connectivity index (χ0n) is 10.8. The largest absolute Gasteiger partial charge is 0.356 e. The van der Waals surface area contributed by atoms with Crippen LogP contribution in [0.15, 0.2) is 12.3 Å². The third kappa shape index (κ3) is 3.40. The van der Waals surface area contributed by atoms with Crippen molar-refractivity contribution in [3.8, 4) is 0 Å². The van der Waals surface area contributed by atoms with Gasteiger partial charge in [0.15, 0.2) is 0 Å². The van der Waals surface area contributed by atoms with E-state index in [0.717, 1.165) is 37.2 Å². The molecule has 2 heterocycles. The first-order valence-electron chi connectivity index (χ1n) is 6.55. The first-order valence-corrected chi connectivity index (χ1v) is 6.55. The fourth-order valence-electron chi connectivity index (χ4n) is 2.40. The first-order chi connectivity index (χ1) is 8.29. The Labute approximate surface area is 103 Å². The molecule has 1 unspecified atom stereocenters. The maximum Gasteiger partial charge on any atom is 0.132 e. The molecular formula is C13H22N4. The van der Waals surface area contributed by atoms with Crippen molar-refractivity contribution in [1.82, 2.24) is 15.3 Å². The summed E-state index contributed by atoms with van der Waals surface area (Å²) < 4.78 is 0. The predicted octanol–water partition coefficient (Wildman–Crippen LogP) is 1.61. The number of nitrogens with zero attached hydrogens (tertiary/aromatic N) is 3. The summed E-state index contributed by atoms with van der Waals surface area (Å²) in [7, 11) is 0. The van der Waals surface area contributed by atoms with Crippen molar-refractivity contribution in [2.45, 2.75) is 26.7 Å². The first kappa shape index (κ1) is 12.3. The summed E-state index contributed by atoms with van der Waals surface area (Å²) in [5, 5.41) is 3.47. The minimum Gasteiger partial charge on any atom is -0.356 e. The summed E-state index contributed by atoms with van der Waals surface area (Å²) in [6, 6.07) is 2.01. The van der Waals surface area contributed by atoms with Gasteiger partial charge in [-0.05, 0) is 51.8 Å². The van der Waals surface area contributed by atoms with Gasteiger partial charge in [0.25, 0.3) is 0 Å². The molecule has 0 radical (unpaired) electrons. The molecule has 1 fully saturated rings. The summed E-state index contributed by atoms with van der Waals surface area (Å²) in [5.41, 5.74) is 0. The van der Waals surface area contributed by atoms with Crippen LogP contribution in [0, 0.1) is 12.8 Å². The Kier molecular flexibility index (Phi) is 4.31. The van der Waals surface area contributed by atoms with E-state index in [1.165, 1.54) is 19.4 Å². The van der Waals surface area contributed by atoms with E-state index in [4.69, 9.17) is 0 Å². The highest BCUT2D eigenvalue weighted by Crippen LogP contribution is 2.16. The van der Waals surface area contributed by atoms with Crippen molar-refractivity contribution in [2.24, 2.45) is 5.92 Å². The summed E-state index contributed by atoms with van der Waals surface area (Å²) in [6.45, 7) is 8.55. The highest BCUT2D eigenvalue weighted by atomic mass is 15.2. The van der Waals surface area contributed by atoms with Crippen LogP contribution in [0.25, 0.3) is 0 Å². The monoisotopic (exact) mass is 234 g/mol. The van der Waals surface area contributed by atoms with E-state index in [0.29, 0.717) is 0 Å². The normalized spacial score (nSPS) is 20.2. The smallest absolute Gasteiger partial charge is 0.132 e. The molecule has 0 aromatic carbocycles. The lowest BCUT2D eigenvalue weighted by atomic mass is 9.99. The van der Waals surface area contributed by atoms with Crippen LogP contribution in [-0.2, 0) is 0 Å². The van der Waals surface area contributed by atoms with Gasteiger partial charge in [0.05, 0.1) is 0 Å². The molecule has 0 amide bonds. The molecule has 1 N–H and O–H groups in total. The van der Waals surface area contributed by atoms with Gasteiger partial charge in [-0.3, -0.25) is 0 Å². The lowest BCUT2D eigenvalue weighted by molar-refractivity contribution is 0.377. The molecule has 0 saturated carbocycles. The Bertz CT molecular complexity index is 347. The van der Waals surface area contributed by atoms with Gasteiger partial charge in [0.1, 0.15) is 11.6 Å². The Hall–Kier alpha value is -1.16. The minimum absolute atomic E-state index is 0.749. The molecular weight excluding hydrogens is 212 g/mol. The molecule has 0 bridgehead atoms. The lowest BCUT2D eigenvalue weighted by Crippen LogP contribution is -2.38. The standard InChI is InChI=1S/C13H22N4/c1-3-17(10-12-5-4-7-14-9-12)13-6-8-15-11(2)16-13/h6,8,12,14H,3-5,7,9-10H2,1-2H3. The van der Waals surface area contributed by atoms with E-state index in [-0.39, 0.29) is 0 Å². The molecule has 1 aromatic heterocycles. The number of aryl methyl sites for hydroxylation is 1. The van der Waals surface area contributed by atoms with Gasteiger partial charge < -0.3 is 10.2 Å². The average molecular weight is 234 g/mol. The SMILES string of the molecule is CCN(CC1CCCNC1)c1ccnc(C)n1. The molecule has 1 aliphatic heterocycles. The van der Waals surface area contributed by atoms with Crippen LogP contribution in [0.3, 0.4) is 0 Å². The minimum atomic E-state index is 0.749. The molecule has 4 nitrogen and oxygen atoms in total. The number of hydrogen-bond acceptors (Lipinski definition) is 4. The highest BCUT2D eigenvalue weighted by Gasteiger charge is 2.17. The molecule has 1 atom stereocenters. The number of piperidine rings is 1. The Morgan fingerprint density at radius 2 is 2.41 bits per heavy atom. The van der Waals surface area contributed by atoms with E-state index < -0.39 is 0 Å². The van der Waals surface area contributed by atoms with Crippen LogP contribution in [-0.4, -0.2) is 36.1 Å². The molecule has 1 aliphatic rings. The van der Waals surface area contributed by atoms with E-state index in [9.17, 15) is 0 Å². The van der Waals surface area contributed by atoms with Gasteiger partial charge in [0, 0.05) is 19.3 Å². The molecule has 0 spiro atoms. The van der Waals surface area contributed by atoms with Gasteiger partial charge >= 0.3 is 0 Å². The Balaban J connectivity index is 2.00. The maximum absolute atomic E-state index is 4.50. The van der Waals surface area contributed by atoms with E-state index in [1.54, 1.807) is 0 Å². The van der Waals surface area contributed by atoms with Crippen molar-refractivity contribution >= 4 is 5.82 Å². The highest BCUT2D eigenvalue weighted by molar-refractivity contribution is 5.37. The van der Waals surface area contributed by atoms with Crippen molar-refractivity contribution in [3.05, 3.63) is 18.1 Å². The van der Waals surface area contributed by atoms with Crippen molar-refractivity contribution in [1.29, 1.82) is 0 Å². The van der Waals surface area contributed by atoms with Crippen LogP contribution in [0.1, 0.15) is 25.6 Å². The lowest BCUT2D eigenvalue weighted by Gasteiger charge is -2.30. The zero-order chi connectivity index (χ0) is 12.1. The second-order valence-electron chi connectivity index (χ2n) is 4.71. The number of rotatable bonds is 4. The third-order valence-corrected chi connectivity index (χ3v) is 3.34. The fourth-order valence-corrected chi connectivity index (χ4v) is 2.40.